The summed E-state index contributed by atoms with van der Waals surface area (Å²) >= 11 is 0. The molecule has 4 heteroatoms. The zero-order chi connectivity index (χ0) is 12.6. The zero-order valence-corrected chi connectivity index (χ0v) is 10.4. The van der Waals surface area contributed by atoms with Crippen LogP contribution in [-0.4, -0.2) is 4.57 Å². The third-order valence-electron chi connectivity index (χ3n) is 2.97. The quantitative estimate of drug-likeness (QED) is 0.885. The standard InChI is InChI=1S/C13H18N2O2/c1-8(2)6-10(14)9-4-5-12-11(7-9)15(3)13(16)17-12/h4-5,7-8,10H,6,14H2,1-3H3. The number of hydrogen-bond acceptors (Lipinski definition) is 3. The Bertz CT molecular complexity index is 581. The lowest BCUT2D eigenvalue weighted by Gasteiger charge is -2.14. The highest BCUT2D eigenvalue weighted by atomic mass is 16.4. The molecule has 2 aromatic rings. The summed E-state index contributed by atoms with van der Waals surface area (Å²) in [6, 6.07) is 5.68. The zero-order valence-electron chi connectivity index (χ0n) is 10.4. The van der Waals surface area contributed by atoms with Crippen molar-refractivity contribution >= 4 is 11.1 Å². The highest BCUT2D eigenvalue weighted by molar-refractivity contribution is 5.73. The molecular weight excluding hydrogens is 216 g/mol. The summed E-state index contributed by atoms with van der Waals surface area (Å²) < 4.78 is 6.58. The van der Waals surface area contributed by atoms with Gasteiger partial charge in [-0.3, -0.25) is 4.57 Å². The first kappa shape index (κ1) is 11.9. The minimum atomic E-state index is -0.338. The number of fused-ring (bicyclic) bond motifs is 1. The first-order chi connectivity index (χ1) is 7.99. The smallest absolute Gasteiger partial charge is 0.408 e. The molecule has 0 aliphatic heterocycles. The monoisotopic (exact) mass is 234 g/mol. The van der Waals surface area contributed by atoms with Crippen LogP contribution in [0.2, 0.25) is 0 Å². The molecule has 0 saturated carbocycles. The van der Waals surface area contributed by atoms with Crippen LogP contribution in [0.25, 0.3) is 11.1 Å². The van der Waals surface area contributed by atoms with E-state index >= 15 is 0 Å². The maximum absolute atomic E-state index is 11.4. The summed E-state index contributed by atoms with van der Waals surface area (Å²) in [6.07, 6.45) is 0.928. The maximum atomic E-state index is 11.4. The van der Waals surface area contributed by atoms with Crippen LogP contribution >= 0.6 is 0 Å². The lowest BCUT2D eigenvalue weighted by atomic mass is 9.98. The fraction of sp³-hybridized carbons (Fsp3) is 0.462. The van der Waals surface area contributed by atoms with Gasteiger partial charge in [0, 0.05) is 13.1 Å². The molecule has 0 bridgehead atoms. The lowest BCUT2D eigenvalue weighted by Crippen LogP contribution is -2.13. The fourth-order valence-corrected chi connectivity index (χ4v) is 2.02. The molecule has 0 radical (unpaired) electrons. The van der Waals surface area contributed by atoms with E-state index in [4.69, 9.17) is 10.2 Å². The highest BCUT2D eigenvalue weighted by Crippen LogP contribution is 2.22. The van der Waals surface area contributed by atoms with Gasteiger partial charge in [0.25, 0.3) is 0 Å². The Kier molecular flexibility index (Phi) is 3.07. The Balaban J connectivity index is 2.43. The van der Waals surface area contributed by atoms with E-state index in [-0.39, 0.29) is 11.8 Å². The molecule has 0 amide bonds. The molecular formula is C13H18N2O2. The van der Waals surface area contributed by atoms with Crippen LogP contribution in [0.15, 0.2) is 27.4 Å². The van der Waals surface area contributed by atoms with Gasteiger partial charge in [-0.15, -0.1) is 0 Å². The second kappa shape index (κ2) is 4.37. The fourth-order valence-electron chi connectivity index (χ4n) is 2.02. The predicted octanol–water partition coefficient (Wildman–Crippen LogP) is 2.18. The van der Waals surface area contributed by atoms with E-state index in [1.165, 1.54) is 4.57 Å². The number of rotatable bonds is 3. The van der Waals surface area contributed by atoms with E-state index in [9.17, 15) is 4.79 Å². The second-order valence-corrected chi connectivity index (χ2v) is 4.89. The Morgan fingerprint density at radius 2 is 2.12 bits per heavy atom. The molecule has 0 aliphatic rings. The van der Waals surface area contributed by atoms with Crippen molar-refractivity contribution in [3.8, 4) is 0 Å². The molecule has 4 nitrogen and oxygen atoms in total. The minimum absolute atomic E-state index is 0.00408. The highest BCUT2D eigenvalue weighted by Gasteiger charge is 2.12. The summed E-state index contributed by atoms with van der Waals surface area (Å²) in [5.41, 5.74) is 8.58. The van der Waals surface area contributed by atoms with Gasteiger partial charge in [-0.2, -0.15) is 0 Å². The van der Waals surface area contributed by atoms with Crippen molar-refractivity contribution < 1.29 is 4.42 Å². The minimum Gasteiger partial charge on any atom is -0.408 e. The van der Waals surface area contributed by atoms with Gasteiger partial charge in [-0.25, -0.2) is 4.79 Å². The number of hydrogen-bond donors (Lipinski definition) is 1. The average molecular weight is 234 g/mol. The maximum Gasteiger partial charge on any atom is 0.419 e. The van der Waals surface area contributed by atoms with Crippen molar-refractivity contribution in [2.75, 3.05) is 0 Å². The van der Waals surface area contributed by atoms with Crippen molar-refractivity contribution in [2.45, 2.75) is 26.3 Å². The van der Waals surface area contributed by atoms with Crippen LogP contribution in [0, 0.1) is 5.92 Å². The third-order valence-corrected chi connectivity index (χ3v) is 2.97. The molecule has 1 aromatic heterocycles. The Morgan fingerprint density at radius 3 is 2.76 bits per heavy atom. The van der Waals surface area contributed by atoms with E-state index in [2.05, 4.69) is 13.8 Å². The van der Waals surface area contributed by atoms with E-state index < -0.39 is 0 Å². The van der Waals surface area contributed by atoms with Gasteiger partial charge in [0.15, 0.2) is 5.58 Å². The summed E-state index contributed by atoms with van der Waals surface area (Å²) in [6.45, 7) is 4.29. The summed E-state index contributed by atoms with van der Waals surface area (Å²) in [7, 11) is 1.70. The van der Waals surface area contributed by atoms with E-state index in [1.807, 2.05) is 18.2 Å². The summed E-state index contributed by atoms with van der Waals surface area (Å²) in [4.78, 5) is 11.4. The van der Waals surface area contributed by atoms with Gasteiger partial charge < -0.3 is 10.2 Å². The number of oxazole rings is 1. The lowest BCUT2D eigenvalue weighted by molar-refractivity contribution is 0.510. The van der Waals surface area contributed by atoms with Crippen LogP contribution < -0.4 is 11.5 Å². The average Bonchev–Trinajstić information content (AvgIpc) is 2.54. The van der Waals surface area contributed by atoms with Crippen LogP contribution in [0.4, 0.5) is 0 Å². The van der Waals surface area contributed by atoms with Gasteiger partial charge in [0.1, 0.15) is 0 Å². The summed E-state index contributed by atoms with van der Waals surface area (Å²) in [5, 5.41) is 0. The van der Waals surface area contributed by atoms with Crippen LogP contribution in [-0.2, 0) is 7.05 Å². The summed E-state index contributed by atoms with van der Waals surface area (Å²) in [5.74, 6) is 0.212. The van der Waals surface area contributed by atoms with Crippen molar-refractivity contribution in [1.82, 2.24) is 4.57 Å². The van der Waals surface area contributed by atoms with Crippen LogP contribution in [0.5, 0.6) is 0 Å². The predicted molar refractivity (Wildman–Crippen MR) is 67.8 cm³/mol. The van der Waals surface area contributed by atoms with Gasteiger partial charge in [0.05, 0.1) is 5.52 Å². The van der Waals surface area contributed by atoms with E-state index in [0.29, 0.717) is 11.5 Å². The molecule has 1 heterocycles. The molecule has 92 valence electrons. The largest absolute Gasteiger partial charge is 0.419 e. The number of aromatic nitrogens is 1. The first-order valence-electron chi connectivity index (χ1n) is 5.84. The van der Waals surface area contributed by atoms with Crippen LogP contribution in [0.1, 0.15) is 31.9 Å². The SMILES string of the molecule is CC(C)CC(N)c1ccc2oc(=O)n(C)c2c1. The molecule has 1 unspecified atom stereocenters. The van der Waals surface area contributed by atoms with Crippen molar-refractivity contribution in [2.24, 2.45) is 18.7 Å². The molecule has 1 aromatic carbocycles. The first-order valence-corrected chi connectivity index (χ1v) is 5.84. The number of nitrogens with zero attached hydrogens (tertiary/aromatic N) is 1. The normalized spacial score (nSPS) is 13.5. The topological polar surface area (TPSA) is 61.2 Å². The van der Waals surface area contributed by atoms with Gasteiger partial charge in [0.2, 0.25) is 0 Å². The molecule has 0 spiro atoms. The molecule has 2 N–H and O–H groups in total. The Hall–Kier alpha value is -1.55. The molecule has 17 heavy (non-hydrogen) atoms. The molecule has 1 atom stereocenters. The molecule has 0 fully saturated rings. The number of nitrogens with two attached hydrogens (primary N) is 1. The van der Waals surface area contributed by atoms with Gasteiger partial charge >= 0.3 is 5.76 Å². The van der Waals surface area contributed by atoms with Crippen molar-refractivity contribution in [1.29, 1.82) is 0 Å². The Morgan fingerprint density at radius 1 is 1.41 bits per heavy atom. The van der Waals surface area contributed by atoms with E-state index in [1.54, 1.807) is 7.05 Å². The molecule has 0 aliphatic carbocycles. The Labute approximate surface area is 100 Å². The second-order valence-electron chi connectivity index (χ2n) is 4.89. The van der Waals surface area contributed by atoms with E-state index in [0.717, 1.165) is 17.5 Å². The third kappa shape index (κ3) is 2.26. The van der Waals surface area contributed by atoms with Crippen molar-refractivity contribution in [3.63, 3.8) is 0 Å². The van der Waals surface area contributed by atoms with Gasteiger partial charge in [-0.05, 0) is 30.0 Å². The molecule has 2 rings (SSSR count). The van der Waals surface area contributed by atoms with Crippen LogP contribution in [0.3, 0.4) is 0 Å². The number of benzene rings is 1. The molecule has 0 saturated heterocycles. The van der Waals surface area contributed by atoms with Crippen molar-refractivity contribution in [3.05, 3.63) is 34.3 Å². The van der Waals surface area contributed by atoms with Gasteiger partial charge in [-0.1, -0.05) is 19.9 Å². The number of aryl methyl sites for hydroxylation is 1.